The number of nitrogens with two attached hydrogens (primary N) is 1. The van der Waals surface area contributed by atoms with Crippen molar-refractivity contribution < 1.29 is 39.9 Å². The lowest BCUT2D eigenvalue weighted by Crippen LogP contribution is -2.63. The smallest absolute Gasteiger partial charge is 0.255 e. The number of carbonyl (C=O) groups excluding carboxylic acids is 3. The molecular weight excluding hydrogens is 462 g/mol. The number of aliphatic hydroxyl groups excluding tert-OH is 3. The van der Waals surface area contributed by atoms with Gasteiger partial charge in [0.1, 0.15) is 22.8 Å². The van der Waals surface area contributed by atoms with Crippen LogP contribution >= 0.6 is 15.9 Å². The number of ketones is 2. The molecule has 3 aliphatic rings. The fourth-order valence-electron chi connectivity index (χ4n) is 5.03. The van der Waals surface area contributed by atoms with E-state index in [0.29, 0.717) is 10.0 Å². The molecule has 158 valence electrons. The normalized spacial score (nSPS) is 33.2. The fraction of sp³-hybridized carbons (Fsp3) is 0.350. The molecule has 0 unspecified atom stereocenters. The van der Waals surface area contributed by atoms with Crippen molar-refractivity contribution in [1.82, 2.24) is 0 Å². The Morgan fingerprint density at radius 2 is 1.87 bits per heavy atom. The maximum atomic E-state index is 13.4. The van der Waals surface area contributed by atoms with Gasteiger partial charge in [0.2, 0.25) is 5.78 Å². The van der Waals surface area contributed by atoms with Crippen LogP contribution in [0, 0.1) is 11.8 Å². The van der Waals surface area contributed by atoms with E-state index in [1.54, 1.807) is 13.0 Å². The third kappa shape index (κ3) is 2.32. The molecule has 0 aliphatic heterocycles. The molecular formula is C20H18BrNO8. The van der Waals surface area contributed by atoms with Gasteiger partial charge in [-0.2, -0.15) is 0 Å². The lowest BCUT2D eigenvalue weighted by atomic mass is 9.55. The van der Waals surface area contributed by atoms with E-state index in [2.05, 4.69) is 15.9 Å². The monoisotopic (exact) mass is 479 g/mol. The van der Waals surface area contributed by atoms with E-state index in [1.807, 2.05) is 0 Å². The zero-order valence-electron chi connectivity index (χ0n) is 15.6. The number of amides is 1. The Morgan fingerprint density at radius 3 is 2.47 bits per heavy atom. The van der Waals surface area contributed by atoms with E-state index in [0.717, 1.165) is 0 Å². The fourth-order valence-corrected chi connectivity index (χ4v) is 5.72. The van der Waals surface area contributed by atoms with Gasteiger partial charge in [-0.15, -0.1) is 0 Å². The van der Waals surface area contributed by atoms with Gasteiger partial charge in [0.15, 0.2) is 11.4 Å². The van der Waals surface area contributed by atoms with Gasteiger partial charge in [-0.3, -0.25) is 14.4 Å². The summed E-state index contributed by atoms with van der Waals surface area (Å²) in [6.45, 7) is 1.66. The molecule has 1 fully saturated rings. The lowest BCUT2D eigenvalue weighted by molar-refractivity contribution is -0.160. The van der Waals surface area contributed by atoms with Crippen molar-refractivity contribution >= 4 is 39.2 Å². The second-order valence-electron chi connectivity index (χ2n) is 7.84. The number of fused-ring (bicyclic) bond motifs is 3. The molecule has 9 nitrogen and oxygen atoms in total. The number of aliphatic hydroxyl groups is 4. The molecule has 0 heterocycles. The summed E-state index contributed by atoms with van der Waals surface area (Å²) in [6.07, 6.45) is -2.14. The Labute approximate surface area is 178 Å². The standard InChI is InChI=1S/C20H18BrNO8/c1-5-10-7(21)2-3-8(23)12(10)16(26)14-11(5)15(25)6-4-9(24)13(19(22)29)17(27)20(6,30)18(14)28/h2-3,5-6,11,15,23,25-27,30H,4H2,1H3,(H2,22,29)/t5-,6+,11+,15+,20+/m0/s1. The van der Waals surface area contributed by atoms with E-state index in [1.165, 1.54) is 6.07 Å². The predicted molar refractivity (Wildman–Crippen MR) is 105 cm³/mol. The highest BCUT2D eigenvalue weighted by Gasteiger charge is 2.65. The van der Waals surface area contributed by atoms with E-state index < -0.39 is 76.0 Å². The zero-order valence-corrected chi connectivity index (χ0v) is 17.2. The lowest BCUT2D eigenvalue weighted by Gasteiger charge is -2.50. The van der Waals surface area contributed by atoms with Crippen molar-refractivity contribution in [2.24, 2.45) is 17.6 Å². The van der Waals surface area contributed by atoms with E-state index >= 15 is 0 Å². The Balaban J connectivity index is 2.04. The van der Waals surface area contributed by atoms with Crippen LogP contribution in [0.4, 0.5) is 0 Å². The molecule has 0 aromatic heterocycles. The molecule has 7 N–H and O–H groups in total. The number of hydrogen-bond donors (Lipinski definition) is 6. The van der Waals surface area contributed by atoms with Crippen molar-refractivity contribution in [3.63, 3.8) is 0 Å². The highest BCUT2D eigenvalue weighted by molar-refractivity contribution is 9.10. The van der Waals surface area contributed by atoms with Crippen molar-refractivity contribution in [2.75, 3.05) is 0 Å². The van der Waals surface area contributed by atoms with Crippen LogP contribution in [0.3, 0.4) is 0 Å². The van der Waals surface area contributed by atoms with Crippen molar-refractivity contribution in [1.29, 1.82) is 0 Å². The number of phenols is 1. The molecule has 0 spiro atoms. The van der Waals surface area contributed by atoms with E-state index in [4.69, 9.17) is 5.73 Å². The van der Waals surface area contributed by atoms with Gasteiger partial charge in [0, 0.05) is 28.3 Å². The SMILES string of the molecule is C[C@H]1c2c(Br)ccc(O)c2C(O)=C2C(=O)[C@]3(O)C(O)=C(C(N)=O)C(=O)C[C@@H]3[C@@H](O)[C@@H]21. The number of benzene rings is 1. The van der Waals surface area contributed by atoms with E-state index in [9.17, 15) is 39.9 Å². The largest absolute Gasteiger partial charge is 0.508 e. The van der Waals surface area contributed by atoms with Crippen LogP contribution in [0.15, 0.2) is 33.5 Å². The van der Waals surface area contributed by atoms with Crippen LogP contribution in [0.2, 0.25) is 0 Å². The number of phenolic OH excluding ortho intramolecular Hbond substituents is 1. The molecule has 0 saturated heterocycles. The third-order valence-electron chi connectivity index (χ3n) is 6.43. The van der Waals surface area contributed by atoms with Crippen LogP contribution in [-0.4, -0.2) is 54.7 Å². The van der Waals surface area contributed by atoms with Gasteiger partial charge < -0.3 is 31.3 Å². The number of Topliss-reactive ketones (excluding diaryl/α,β-unsaturated/α-hetero) is 2. The summed E-state index contributed by atoms with van der Waals surface area (Å²) in [6, 6.07) is 2.85. The van der Waals surface area contributed by atoms with Gasteiger partial charge in [0.25, 0.3) is 5.91 Å². The molecule has 1 aromatic rings. The molecule has 30 heavy (non-hydrogen) atoms. The van der Waals surface area contributed by atoms with Crippen LogP contribution in [0.5, 0.6) is 5.75 Å². The second-order valence-corrected chi connectivity index (χ2v) is 8.69. The molecule has 3 aliphatic carbocycles. The first-order valence-electron chi connectivity index (χ1n) is 9.11. The Hall–Kier alpha value is -2.69. The average Bonchev–Trinajstić information content (AvgIpc) is 2.66. The molecule has 0 bridgehead atoms. The second kappa shape index (κ2) is 6.40. The number of carbonyl (C=O) groups is 3. The predicted octanol–water partition coefficient (Wildman–Crippen LogP) is 0.718. The van der Waals surface area contributed by atoms with Gasteiger partial charge in [-0.25, -0.2) is 0 Å². The molecule has 1 aromatic carbocycles. The molecule has 1 amide bonds. The average molecular weight is 480 g/mol. The summed E-state index contributed by atoms with van der Waals surface area (Å²) in [5.74, 6) is -8.72. The van der Waals surface area contributed by atoms with Crippen LogP contribution in [-0.2, 0) is 14.4 Å². The van der Waals surface area contributed by atoms with Gasteiger partial charge in [0.05, 0.1) is 11.7 Å². The number of hydrogen-bond acceptors (Lipinski definition) is 8. The minimum Gasteiger partial charge on any atom is -0.508 e. The van der Waals surface area contributed by atoms with Gasteiger partial charge >= 0.3 is 0 Å². The van der Waals surface area contributed by atoms with Crippen LogP contribution < -0.4 is 5.73 Å². The Bertz CT molecular complexity index is 1110. The highest BCUT2D eigenvalue weighted by Crippen LogP contribution is 2.56. The van der Waals surface area contributed by atoms with Crippen molar-refractivity contribution in [2.45, 2.75) is 31.0 Å². The Kier molecular flexibility index (Phi) is 4.39. The zero-order chi connectivity index (χ0) is 22.3. The molecule has 4 rings (SSSR count). The number of aromatic hydroxyl groups is 1. The molecule has 5 atom stereocenters. The maximum absolute atomic E-state index is 13.4. The van der Waals surface area contributed by atoms with Crippen LogP contribution in [0.25, 0.3) is 5.76 Å². The molecule has 10 heteroatoms. The summed E-state index contributed by atoms with van der Waals surface area (Å²) in [5.41, 5.74) is 1.38. The highest BCUT2D eigenvalue weighted by atomic mass is 79.9. The van der Waals surface area contributed by atoms with E-state index in [-0.39, 0.29) is 11.3 Å². The number of halogens is 1. The minimum absolute atomic E-state index is 0.0452. The third-order valence-corrected chi connectivity index (χ3v) is 7.12. The van der Waals surface area contributed by atoms with Gasteiger partial charge in [-0.05, 0) is 23.6 Å². The first-order chi connectivity index (χ1) is 13.9. The number of rotatable bonds is 1. The maximum Gasteiger partial charge on any atom is 0.255 e. The minimum atomic E-state index is -2.82. The topological polar surface area (TPSA) is 178 Å². The Morgan fingerprint density at radius 1 is 1.23 bits per heavy atom. The summed E-state index contributed by atoms with van der Waals surface area (Å²) >= 11 is 3.34. The van der Waals surface area contributed by atoms with Crippen molar-refractivity contribution in [3.05, 3.63) is 44.6 Å². The summed E-state index contributed by atoms with van der Waals surface area (Å²) in [7, 11) is 0. The summed E-state index contributed by atoms with van der Waals surface area (Å²) in [5, 5.41) is 53.9. The molecule has 1 saturated carbocycles. The first kappa shape index (κ1) is 20.6. The van der Waals surface area contributed by atoms with Gasteiger partial charge in [-0.1, -0.05) is 22.9 Å². The first-order valence-corrected chi connectivity index (χ1v) is 9.90. The molecule has 0 radical (unpaired) electrons. The summed E-state index contributed by atoms with van der Waals surface area (Å²) in [4.78, 5) is 37.3. The quantitative estimate of drug-likeness (QED) is 0.318. The summed E-state index contributed by atoms with van der Waals surface area (Å²) < 4.78 is 0.521. The van der Waals surface area contributed by atoms with Crippen molar-refractivity contribution in [3.8, 4) is 5.75 Å². The van der Waals surface area contributed by atoms with Crippen LogP contribution in [0.1, 0.15) is 30.4 Å². The number of primary amides is 1.